The van der Waals surface area contributed by atoms with Crippen molar-refractivity contribution in [2.75, 3.05) is 21.3 Å². The predicted molar refractivity (Wildman–Crippen MR) is 154 cm³/mol. The van der Waals surface area contributed by atoms with Gasteiger partial charge in [-0.2, -0.15) is 0 Å². The molecule has 7 nitrogen and oxygen atoms in total. The first kappa shape index (κ1) is 30.4. The second kappa shape index (κ2) is 12.0. The third-order valence-corrected chi connectivity index (χ3v) is 12.5. The fraction of sp³-hybridized carbons (Fsp3) is 0.938. The average molecular weight is 597 g/mol. The van der Waals surface area contributed by atoms with Crippen LogP contribution in [0, 0.1) is 23.7 Å². The van der Waals surface area contributed by atoms with Crippen LogP contribution in [0.2, 0.25) is 0 Å². The van der Waals surface area contributed by atoms with Gasteiger partial charge in [-0.1, -0.05) is 45.4 Å². The van der Waals surface area contributed by atoms with Crippen LogP contribution >= 0.6 is 11.6 Å². The lowest BCUT2D eigenvalue weighted by Gasteiger charge is -2.46. The highest BCUT2D eigenvalue weighted by molar-refractivity contribution is 6.23. The highest BCUT2D eigenvalue weighted by Crippen LogP contribution is 2.55. The van der Waals surface area contributed by atoms with Crippen LogP contribution in [0.25, 0.3) is 0 Å². The van der Waals surface area contributed by atoms with Crippen molar-refractivity contribution in [3.8, 4) is 0 Å². The topological polar surface area (TPSA) is 68.3 Å². The molecule has 9 heteroatoms. The summed E-state index contributed by atoms with van der Waals surface area (Å²) >= 11 is 6.90. The summed E-state index contributed by atoms with van der Waals surface area (Å²) in [6, 6.07) is 0.238. The molecule has 6 fully saturated rings. The van der Waals surface area contributed by atoms with E-state index in [1.54, 1.807) is 14.2 Å². The molecule has 4 saturated carbocycles. The van der Waals surface area contributed by atoms with Crippen LogP contribution in [0.4, 0.5) is 4.39 Å². The summed E-state index contributed by atoms with van der Waals surface area (Å²) in [4.78, 5) is 29.6. The Labute approximate surface area is 250 Å². The van der Waals surface area contributed by atoms with Crippen LogP contribution in [0.15, 0.2) is 0 Å². The molecule has 2 saturated heterocycles. The van der Waals surface area contributed by atoms with Crippen LogP contribution in [0.5, 0.6) is 0 Å². The number of Topliss-reactive ketones (excluding diaryl/α,β-unsaturated/α-hetero) is 2. The molecule has 1 spiro atoms. The van der Waals surface area contributed by atoms with Crippen LogP contribution in [-0.2, 0) is 23.8 Å². The van der Waals surface area contributed by atoms with Crippen LogP contribution in [-0.4, -0.2) is 96.4 Å². The fourth-order valence-electron chi connectivity index (χ4n) is 10.0. The number of ether oxygens (including phenoxy) is 3. The van der Waals surface area contributed by atoms with Gasteiger partial charge in [0, 0.05) is 51.7 Å². The highest BCUT2D eigenvalue weighted by Gasteiger charge is 2.72. The van der Waals surface area contributed by atoms with Crippen LogP contribution in [0.1, 0.15) is 90.4 Å². The lowest BCUT2D eigenvalue weighted by atomic mass is 9.61. The van der Waals surface area contributed by atoms with E-state index >= 15 is 4.79 Å². The van der Waals surface area contributed by atoms with E-state index in [1.165, 1.54) is 32.1 Å². The monoisotopic (exact) mass is 596 g/mol. The van der Waals surface area contributed by atoms with Crippen molar-refractivity contribution in [3.63, 3.8) is 0 Å². The van der Waals surface area contributed by atoms with Gasteiger partial charge in [0.05, 0.1) is 35.5 Å². The lowest BCUT2D eigenvalue weighted by molar-refractivity contribution is -0.172. The number of hydrazine groups is 1. The zero-order valence-electron chi connectivity index (χ0n) is 25.3. The number of carbonyl (C=O) groups excluding carboxylic acids is 2. The number of halogens is 2. The van der Waals surface area contributed by atoms with E-state index in [0.717, 1.165) is 25.7 Å². The Kier molecular flexibility index (Phi) is 8.92. The number of hydrogen-bond donors (Lipinski definition) is 0. The highest BCUT2D eigenvalue weighted by atomic mass is 35.5. The zero-order valence-corrected chi connectivity index (χ0v) is 26.1. The van der Waals surface area contributed by atoms with Gasteiger partial charge in [0.2, 0.25) is 0 Å². The maximum Gasteiger partial charge on any atom is 0.188 e. The average Bonchev–Trinajstić information content (AvgIpc) is 3.40. The van der Waals surface area contributed by atoms with Gasteiger partial charge < -0.3 is 14.2 Å². The predicted octanol–water partition coefficient (Wildman–Crippen LogP) is 5.12. The molecule has 0 aromatic carbocycles. The van der Waals surface area contributed by atoms with Gasteiger partial charge in [-0.25, -0.2) is 14.4 Å². The molecule has 6 rings (SSSR count). The Bertz CT molecular complexity index is 980. The minimum absolute atomic E-state index is 0.00156. The van der Waals surface area contributed by atoms with E-state index in [1.807, 2.05) is 6.92 Å². The van der Waals surface area contributed by atoms with Gasteiger partial charge >= 0.3 is 0 Å². The van der Waals surface area contributed by atoms with Gasteiger partial charge in [-0.05, 0) is 44.4 Å². The molecule has 4 aliphatic carbocycles. The van der Waals surface area contributed by atoms with Gasteiger partial charge in [-0.3, -0.25) is 9.59 Å². The number of ketones is 2. The van der Waals surface area contributed by atoms with E-state index < -0.39 is 41.2 Å². The summed E-state index contributed by atoms with van der Waals surface area (Å²) in [6.45, 7) is 2.02. The number of methoxy groups -OCH3 is 2. The molecule has 232 valence electrons. The molecule has 10 unspecified atom stereocenters. The largest absolute Gasteiger partial charge is 0.380 e. The molecular formula is C32H50ClFN2O5. The first-order chi connectivity index (χ1) is 19.7. The van der Waals surface area contributed by atoms with E-state index in [-0.39, 0.29) is 41.6 Å². The Balaban J connectivity index is 1.38. The van der Waals surface area contributed by atoms with Gasteiger partial charge in [0.15, 0.2) is 17.2 Å². The summed E-state index contributed by atoms with van der Waals surface area (Å²) in [7, 11) is 5.35. The fourth-order valence-corrected chi connectivity index (χ4v) is 10.4. The molecule has 0 aromatic rings. The van der Waals surface area contributed by atoms with Crippen LogP contribution < -0.4 is 0 Å². The second-order valence-corrected chi connectivity index (χ2v) is 14.5. The van der Waals surface area contributed by atoms with Crippen LogP contribution in [0.3, 0.4) is 0 Å². The summed E-state index contributed by atoms with van der Waals surface area (Å²) in [5, 5.41) is 4.32. The smallest absolute Gasteiger partial charge is 0.188 e. The van der Waals surface area contributed by atoms with Gasteiger partial charge in [-0.15, -0.1) is 11.6 Å². The van der Waals surface area contributed by atoms with Gasteiger partial charge in [0.25, 0.3) is 0 Å². The van der Waals surface area contributed by atoms with Crippen molar-refractivity contribution in [1.29, 1.82) is 0 Å². The molecular weight excluding hydrogens is 547 g/mol. The van der Waals surface area contributed by atoms with Crippen molar-refractivity contribution >= 4 is 23.2 Å². The van der Waals surface area contributed by atoms with E-state index in [9.17, 15) is 9.18 Å². The molecule has 0 N–H and O–H groups in total. The molecule has 0 bridgehead atoms. The number of rotatable bonds is 4. The number of hydrogen-bond acceptors (Lipinski definition) is 7. The first-order valence-electron chi connectivity index (χ1n) is 16.4. The number of alkyl halides is 2. The normalized spacial score (nSPS) is 48.7. The number of nitrogens with zero attached hydrogens (tertiary/aromatic N) is 2. The molecule has 0 radical (unpaired) electrons. The molecule has 41 heavy (non-hydrogen) atoms. The SMILES string of the molecule is COC1CC(OC)C2C(=O)[C@@]3(OC2C1Cl)C(=O)C1C(C2CCCC(F)C2)N(C)N(C2CCCCCCC2)C1C[C@H]3C. The number of fused-ring (bicyclic) bond motifs is 2. The summed E-state index contributed by atoms with van der Waals surface area (Å²) in [6.07, 6.45) is 10.2. The zero-order chi connectivity index (χ0) is 29.1. The van der Waals surface area contributed by atoms with E-state index in [0.29, 0.717) is 31.7 Å². The molecule has 2 aliphatic heterocycles. The summed E-state index contributed by atoms with van der Waals surface area (Å²) < 4.78 is 33.1. The third-order valence-electron chi connectivity index (χ3n) is 11.9. The second-order valence-electron chi connectivity index (χ2n) is 14.0. The lowest BCUT2D eigenvalue weighted by Crippen LogP contribution is -2.63. The Morgan fingerprint density at radius 2 is 1.54 bits per heavy atom. The van der Waals surface area contributed by atoms with Crippen molar-refractivity contribution in [2.45, 2.75) is 144 Å². The van der Waals surface area contributed by atoms with Gasteiger partial charge in [0.1, 0.15) is 6.17 Å². The molecule has 12 atom stereocenters. The minimum Gasteiger partial charge on any atom is -0.380 e. The molecule has 2 heterocycles. The summed E-state index contributed by atoms with van der Waals surface area (Å²) in [5.41, 5.74) is -1.54. The number of carbonyl (C=O) groups is 2. The van der Waals surface area contributed by atoms with E-state index in [2.05, 4.69) is 17.1 Å². The van der Waals surface area contributed by atoms with Crippen molar-refractivity contribution in [2.24, 2.45) is 23.7 Å². The van der Waals surface area contributed by atoms with E-state index in [4.69, 9.17) is 25.8 Å². The van der Waals surface area contributed by atoms with Crippen molar-refractivity contribution in [3.05, 3.63) is 0 Å². The summed E-state index contributed by atoms with van der Waals surface area (Å²) in [5.74, 6) is -1.47. The standard InChI is InChI=1S/C32H50ClFN2O5/c1-18-15-22-25(30(37)32(18)31(38)26-23(39-3)17-24(40-4)27(33)29(26)41-32)28(19-11-10-12-20(34)16-19)35(2)36(22)21-13-8-6-5-7-9-14-21/h18-29H,5-17H2,1-4H3/t18-,19?,20?,22?,23?,24?,25?,26?,27?,28?,29?,32+/m1/s1. The minimum atomic E-state index is -1.54. The quantitative estimate of drug-likeness (QED) is 0.330. The third kappa shape index (κ3) is 4.86. The molecule has 0 aromatic heterocycles. The Morgan fingerprint density at radius 3 is 2.20 bits per heavy atom. The Morgan fingerprint density at radius 1 is 0.878 bits per heavy atom. The Hall–Kier alpha value is -0.640. The maximum absolute atomic E-state index is 15.1. The van der Waals surface area contributed by atoms with Crippen molar-refractivity contribution in [1.82, 2.24) is 10.0 Å². The first-order valence-corrected chi connectivity index (χ1v) is 16.8. The molecule has 0 amide bonds. The van der Waals surface area contributed by atoms with Crippen molar-refractivity contribution < 1.29 is 28.2 Å². The molecule has 6 aliphatic rings. The maximum atomic E-state index is 15.1.